The molecule has 2 aromatic carbocycles. The number of carbonyl (C=O) groups is 1. The number of rotatable bonds is 2. The van der Waals surface area contributed by atoms with Gasteiger partial charge < -0.3 is 5.32 Å². The number of carbonyl (C=O) groups excluding carboxylic acids is 1. The van der Waals surface area contributed by atoms with E-state index in [1.165, 1.54) is 0 Å². The number of benzene rings is 2. The minimum absolute atomic E-state index is 0.123. The van der Waals surface area contributed by atoms with Gasteiger partial charge in [-0.15, -0.1) is 0 Å². The summed E-state index contributed by atoms with van der Waals surface area (Å²) in [5.41, 5.74) is 2.71. The zero-order valence-corrected chi connectivity index (χ0v) is 11.1. The van der Waals surface area contributed by atoms with Gasteiger partial charge in [0.05, 0.1) is 0 Å². The molecule has 0 aromatic heterocycles. The molecule has 1 aliphatic rings. The molecule has 2 nitrogen and oxygen atoms in total. The van der Waals surface area contributed by atoms with E-state index < -0.39 is 0 Å². The highest BCUT2D eigenvalue weighted by molar-refractivity contribution is 5.94. The summed E-state index contributed by atoms with van der Waals surface area (Å²) in [6.07, 6.45) is 2.03. The molecule has 0 radical (unpaired) electrons. The van der Waals surface area contributed by atoms with E-state index in [9.17, 15) is 4.79 Å². The van der Waals surface area contributed by atoms with E-state index >= 15 is 0 Å². The first-order valence-electron chi connectivity index (χ1n) is 6.79. The van der Waals surface area contributed by atoms with E-state index in [1.54, 1.807) is 0 Å². The van der Waals surface area contributed by atoms with Crippen molar-refractivity contribution in [1.29, 1.82) is 0 Å². The molecule has 0 aliphatic heterocycles. The molecule has 20 heavy (non-hydrogen) atoms. The Kier molecular flexibility index (Phi) is 3.52. The highest BCUT2D eigenvalue weighted by atomic mass is 16.2. The lowest BCUT2D eigenvalue weighted by Crippen LogP contribution is -2.13. The third-order valence-corrected chi connectivity index (χ3v) is 3.20. The monoisotopic (exact) mass is 261 g/mol. The average Bonchev–Trinajstić information content (AvgIpc) is 3.31. The number of hydrogen-bond acceptors (Lipinski definition) is 1. The Balaban J connectivity index is 1.74. The number of hydrogen-bond donors (Lipinski definition) is 1. The van der Waals surface area contributed by atoms with Gasteiger partial charge >= 0.3 is 0 Å². The van der Waals surface area contributed by atoms with Crippen LogP contribution in [0.25, 0.3) is 0 Å². The van der Waals surface area contributed by atoms with E-state index in [0.717, 1.165) is 29.7 Å². The van der Waals surface area contributed by atoms with Crippen LogP contribution in [-0.4, -0.2) is 5.91 Å². The first kappa shape index (κ1) is 12.5. The zero-order valence-electron chi connectivity index (χ0n) is 11.1. The first-order valence-corrected chi connectivity index (χ1v) is 6.79. The van der Waals surface area contributed by atoms with Crippen molar-refractivity contribution in [3.8, 4) is 11.8 Å². The second-order valence-corrected chi connectivity index (χ2v) is 4.96. The molecular weight excluding hydrogens is 246 g/mol. The highest BCUT2D eigenvalue weighted by Gasteiger charge is 2.29. The number of nitrogens with one attached hydrogen (secondary N) is 1. The quantitative estimate of drug-likeness (QED) is 0.824. The smallest absolute Gasteiger partial charge is 0.227 e. The lowest BCUT2D eigenvalue weighted by Gasteiger charge is -2.03. The molecular formula is C18H15NO. The Labute approximate surface area is 118 Å². The predicted molar refractivity (Wildman–Crippen MR) is 80.2 cm³/mol. The molecule has 0 saturated heterocycles. The minimum Gasteiger partial charge on any atom is -0.326 e. The van der Waals surface area contributed by atoms with Crippen molar-refractivity contribution in [2.24, 2.45) is 5.92 Å². The Morgan fingerprint density at radius 3 is 2.40 bits per heavy atom. The van der Waals surface area contributed by atoms with Crippen LogP contribution in [0.15, 0.2) is 54.6 Å². The molecule has 3 rings (SSSR count). The van der Waals surface area contributed by atoms with Crippen molar-refractivity contribution < 1.29 is 4.79 Å². The summed E-state index contributed by atoms with van der Waals surface area (Å²) in [4.78, 5) is 11.7. The van der Waals surface area contributed by atoms with Crippen LogP contribution in [0, 0.1) is 17.8 Å². The predicted octanol–water partition coefficient (Wildman–Crippen LogP) is 3.43. The molecule has 0 atom stereocenters. The minimum atomic E-state index is 0.123. The maximum atomic E-state index is 11.7. The van der Waals surface area contributed by atoms with Crippen LogP contribution in [0.2, 0.25) is 0 Å². The summed E-state index contributed by atoms with van der Waals surface area (Å²) >= 11 is 0. The van der Waals surface area contributed by atoms with Crippen LogP contribution in [0.4, 0.5) is 5.69 Å². The van der Waals surface area contributed by atoms with Gasteiger partial charge in [0.25, 0.3) is 0 Å². The van der Waals surface area contributed by atoms with Gasteiger partial charge in [-0.3, -0.25) is 4.79 Å². The van der Waals surface area contributed by atoms with Crippen LogP contribution < -0.4 is 5.32 Å². The summed E-state index contributed by atoms with van der Waals surface area (Å²) < 4.78 is 0. The van der Waals surface area contributed by atoms with Gasteiger partial charge in [0.2, 0.25) is 5.91 Å². The molecule has 98 valence electrons. The summed E-state index contributed by atoms with van der Waals surface area (Å²) in [7, 11) is 0. The second kappa shape index (κ2) is 5.63. The molecule has 0 heterocycles. The van der Waals surface area contributed by atoms with Gasteiger partial charge in [0.15, 0.2) is 0 Å². The standard InChI is InChI=1S/C18H15NO/c20-18(16-11-12-16)19-17-8-4-7-15(13-17)10-9-14-5-2-1-3-6-14/h1-8,13,16H,11-12H2,(H,19,20). The summed E-state index contributed by atoms with van der Waals surface area (Å²) in [6.45, 7) is 0. The van der Waals surface area contributed by atoms with E-state index in [4.69, 9.17) is 0 Å². The molecule has 1 fully saturated rings. The topological polar surface area (TPSA) is 29.1 Å². The molecule has 1 saturated carbocycles. The molecule has 1 amide bonds. The lowest BCUT2D eigenvalue weighted by molar-refractivity contribution is -0.117. The molecule has 1 aliphatic carbocycles. The highest BCUT2D eigenvalue weighted by Crippen LogP contribution is 2.30. The van der Waals surface area contributed by atoms with Crippen LogP contribution >= 0.6 is 0 Å². The molecule has 2 heteroatoms. The van der Waals surface area contributed by atoms with Crippen molar-refractivity contribution in [2.45, 2.75) is 12.8 Å². The van der Waals surface area contributed by atoms with Crippen molar-refractivity contribution in [1.82, 2.24) is 0 Å². The van der Waals surface area contributed by atoms with Gasteiger partial charge in [0, 0.05) is 22.7 Å². The van der Waals surface area contributed by atoms with Crippen LogP contribution in [0.3, 0.4) is 0 Å². The fourth-order valence-electron chi connectivity index (χ4n) is 1.93. The molecule has 0 spiro atoms. The largest absolute Gasteiger partial charge is 0.326 e. The van der Waals surface area contributed by atoms with Gasteiger partial charge in [-0.2, -0.15) is 0 Å². The molecule has 0 unspecified atom stereocenters. The van der Waals surface area contributed by atoms with Gasteiger partial charge in [0.1, 0.15) is 0 Å². The van der Waals surface area contributed by atoms with E-state index in [2.05, 4.69) is 17.2 Å². The van der Waals surface area contributed by atoms with E-state index in [1.807, 2.05) is 54.6 Å². The van der Waals surface area contributed by atoms with Crippen molar-refractivity contribution in [3.05, 3.63) is 65.7 Å². The Hall–Kier alpha value is -2.53. The summed E-state index contributed by atoms with van der Waals surface area (Å²) in [5, 5.41) is 2.94. The Bertz CT molecular complexity index is 675. The molecule has 2 aromatic rings. The normalized spacial score (nSPS) is 13.2. The van der Waals surface area contributed by atoms with Crippen LogP contribution in [0.1, 0.15) is 24.0 Å². The van der Waals surface area contributed by atoms with Crippen LogP contribution in [-0.2, 0) is 4.79 Å². The zero-order chi connectivity index (χ0) is 13.8. The van der Waals surface area contributed by atoms with Crippen molar-refractivity contribution in [3.63, 3.8) is 0 Å². The van der Waals surface area contributed by atoms with Crippen LogP contribution in [0.5, 0.6) is 0 Å². The maximum Gasteiger partial charge on any atom is 0.227 e. The first-order chi connectivity index (χ1) is 9.81. The summed E-state index contributed by atoms with van der Waals surface area (Å²) in [6, 6.07) is 17.5. The molecule has 0 bridgehead atoms. The van der Waals surface area contributed by atoms with E-state index in [-0.39, 0.29) is 11.8 Å². The fourth-order valence-corrected chi connectivity index (χ4v) is 1.93. The molecule has 1 N–H and O–H groups in total. The van der Waals surface area contributed by atoms with Gasteiger partial charge in [-0.05, 0) is 43.2 Å². The third kappa shape index (κ3) is 3.27. The average molecular weight is 261 g/mol. The Morgan fingerprint density at radius 1 is 0.950 bits per heavy atom. The fraction of sp³-hybridized carbons (Fsp3) is 0.167. The van der Waals surface area contributed by atoms with E-state index in [0.29, 0.717) is 0 Å². The Morgan fingerprint density at radius 2 is 1.65 bits per heavy atom. The van der Waals surface area contributed by atoms with Gasteiger partial charge in [-0.1, -0.05) is 36.1 Å². The van der Waals surface area contributed by atoms with Crippen molar-refractivity contribution >= 4 is 11.6 Å². The SMILES string of the molecule is O=C(Nc1cccc(C#Cc2ccccc2)c1)C1CC1. The third-order valence-electron chi connectivity index (χ3n) is 3.20. The second-order valence-electron chi connectivity index (χ2n) is 4.96. The number of amides is 1. The maximum absolute atomic E-state index is 11.7. The van der Waals surface area contributed by atoms with Crippen molar-refractivity contribution in [2.75, 3.05) is 5.32 Å². The van der Waals surface area contributed by atoms with Gasteiger partial charge in [-0.25, -0.2) is 0 Å². The lowest BCUT2D eigenvalue weighted by atomic mass is 10.1. The number of anilines is 1. The summed E-state index contributed by atoms with van der Waals surface area (Å²) in [5.74, 6) is 6.57.